The molecule has 12 heavy (non-hydrogen) atoms. The fourth-order valence-corrected chi connectivity index (χ4v) is 2.46. The van der Waals surface area contributed by atoms with Crippen molar-refractivity contribution in [1.29, 1.82) is 0 Å². The normalized spacial score (nSPS) is 36.8. The molecule has 0 saturated heterocycles. The maximum atomic E-state index is 3.57. The van der Waals surface area contributed by atoms with Gasteiger partial charge in [-0.25, -0.2) is 0 Å². The molecule has 1 rings (SSSR count). The average Bonchev–Trinajstić information content (AvgIpc) is 2.09. The third-order valence-electron chi connectivity index (χ3n) is 3.38. The van der Waals surface area contributed by atoms with Crippen LogP contribution in [0.15, 0.2) is 0 Å². The highest BCUT2D eigenvalue weighted by Gasteiger charge is 2.25. The molecule has 0 amide bonds. The largest absolute Gasteiger partial charge is 0.314 e. The van der Waals surface area contributed by atoms with E-state index in [1.54, 1.807) is 0 Å². The van der Waals surface area contributed by atoms with Gasteiger partial charge in [-0.2, -0.15) is 0 Å². The van der Waals surface area contributed by atoms with E-state index in [-0.39, 0.29) is 0 Å². The average molecular weight is 169 g/mol. The van der Waals surface area contributed by atoms with Gasteiger partial charge in [0.1, 0.15) is 0 Å². The summed E-state index contributed by atoms with van der Waals surface area (Å²) < 4.78 is 0. The summed E-state index contributed by atoms with van der Waals surface area (Å²) in [5.41, 5.74) is 0. The smallest absolute Gasteiger partial charge is 0.00697 e. The van der Waals surface area contributed by atoms with E-state index in [0.29, 0.717) is 0 Å². The van der Waals surface area contributed by atoms with Gasteiger partial charge in [0.05, 0.1) is 0 Å². The third-order valence-corrected chi connectivity index (χ3v) is 3.38. The molecule has 1 aliphatic rings. The molecular formula is C11H23N. The summed E-state index contributed by atoms with van der Waals surface area (Å²) in [7, 11) is 0. The van der Waals surface area contributed by atoms with Gasteiger partial charge in [-0.15, -0.1) is 0 Å². The number of rotatable bonds is 3. The molecule has 0 bridgehead atoms. The van der Waals surface area contributed by atoms with Gasteiger partial charge in [-0.1, -0.05) is 27.2 Å². The molecule has 0 aromatic heterocycles. The van der Waals surface area contributed by atoms with Crippen LogP contribution in [-0.2, 0) is 0 Å². The number of nitrogens with one attached hydrogen (secondary N) is 1. The van der Waals surface area contributed by atoms with Crippen LogP contribution >= 0.6 is 0 Å². The Morgan fingerprint density at radius 1 is 1.25 bits per heavy atom. The zero-order valence-corrected chi connectivity index (χ0v) is 8.77. The predicted molar refractivity (Wildman–Crippen MR) is 54.3 cm³/mol. The third kappa shape index (κ3) is 2.48. The molecule has 0 radical (unpaired) electrons. The summed E-state index contributed by atoms with van der Waals surface area (Å²) in [6.45, 7) is 8.08. The molecule has 72 valence electrons. The van der Waals surface area contributed by atoms with Crippen molar-refractivity contribution in [1.82, 2.24) is 5.32 Å². The Balaban J connectivity index is 2.33. The lowest BCUT2D eigenvalue weighted by atomic mass is 9.77. The Bertz CT molecular complexity index is 122. The SMILES string of the molecule is CCNC1CCC(C)C(CC)C1. The second-order valence-electron chi connectivity index (χ2n) is 4.21. The van der Waals surface area contributed by atoms with Crippen LogP contribution in [0, 0.1) is 11.8 Å². The molecule has 0 aliphatic heterocycles. The first-order valence-electron chi connectivity index (χ1n) is 5.51. The van der Waals surface area contributed by atoms with Gasteiger partial charge in [0.15, 0.2) is 0 Å². The Kier molecular flexibility index (Phi) is 4.07. The van der Waals surface area contributed by atoms with Gasteiger partial charge in [0, 0.05) is 6.04 Å². The summed E-state index contributed by atoms with van der Waals surface area (Å²) in [6, 6.07) is 0.816. The Morgan fingerprint density at radius 2 is 2.00 bits per heavy atom. The van der Waals surface area contributed by atoms with Crippen LogP contribution in [0.2, 0.25) is 0 Å². The second-order valence-corrected chi connectivity index (χ2v) is 4.21. The van der Waals surface area contributed by atoms with Gasteiger partial charge in [0.25, 0.3) is 0 Å². The van der Waals surface area contributed by atoms with Gasteiger partial charge >= 0.3 is 0 Å². The van der Waals surface area contributed by atoms with Crippen molar-refractivity contribution in [3.63, 3.8) is 0 Å². The summed E-state index contributed by atoms with van der Waals surface area (Å²) in [6.07, 6.45) is 5.59. The zero-order chi connectivity index (χ0) is 8.97. The van der Waals surface area contributed by atoms with E-state index < -0.39 is 0 Å². The van der Waals surface area contributed by atoms with E-state index in [1.165, 1.54) is 25.7 Å². The van der Waals surface area contributed by atoms with Crippen LogP contribution in [0.1, 0.15) is 46.5 Å². The molecule has 3 unspecified atom stereocenters. The predicted octanol–water partition coefficient (Wildman–Crippen LogP) is 2.81. The number of hydrogen-bond acceptors (Lipinski definition) is 1. The minimum absolute atomic E-state index is 0.816. The van der Waals surface area contributed by atoms with E-state index in [9.17, 15) is 0 Å². The first-order valence-corrected chi connectivity index (χ1v) is 5.51. The van der Waals surface area contributed by atoms with Crippen molar-refractivity contribution in [2.24, 2.45) is 11.8 Å². The van der Waals surface area contributed by atoms with E-state index in [4.69, 9.17) is 0 Å². The Labute approximate surface area is 76.9 Å². The topological polar surface area (TPSA) is 12.0 Å². The van der Waals surface area contributed by atoms with E-state index in [2.05, 4.69) is 26.1 Å². The van der Waals surface area contributed by atoms with Crippen LogP contribution in [-0.4, -0.2) is 12.6 Å². The molecule has 0 aromatic rings. The second kappa shape index (κ2) is 4.86. The minimum Gasteiger partial charge on any atom is -0.314 e. The van der Waals surface area contributed by atoms with Gasteiger partial charge in [-0.05, 0) is 37.6 Å². The standard InChI is InChI=1S/C11H23N/c1-4-10-8-11(12-5-2)7-6-9(10)3/h9-12H,4-8H2,1-3H3. The lowest BCUT2D eigenvalue weighted by Gasteiger charge is -2.34. The summed E-state index contributed by atoms with van der Waals surface area (Å²) in [5, 5.41) is 3.57. The van der Waals surface area contributed by atoms with Gasteiger partial charge < -0.3 is 5.32 Å². The van der Waals surface area contributed by atoms with Crippen molar-refractivity contribution in [3.8, 4) is 0 Å². The monoisotopic (exact) mass is 169 g/mol. The molecule has 1 aliphatic carbocycles. The molecule has 1 heteroatoms. The van der Waals surface area contributed by atoms with Crippen molar-refractivity contribution in [2.45, 2.75) is 52.5 Å². The van der Waals surface area contributed by atoms with Crippen LogP contribution in [0.25, 0.3) is 0 Å². The fourth-order valence-electron chi connectivity index (χ4n) is 2.46. The quantitative estimate of drug-likeness (QED) is 0.685. The zero-order valence-electron chi connectivity index (χ0n) is 8.77. The maximum Gasteiger partial charge on any atom is 0.00697 e. The molecular weight excluding hydrogens is 146 g/mol. The lowest BCUT2D eigenvalue weighted by Crippen LogP contribution is -2.36. The summed E-state index contributed by atoms with van der Waals surface area (Å²) in [5.74, 6) is 1.94. The van der Waals surface area contributed by atoms with Gasteiger partial charge in [-0.3, -0.25) is 0 Å². The maximum absolute atomic E-state index is 3.57. The first-order chi connectivity index (χ1) is 5.77. The molecule has 1 N–H and O–H groups in total. The molecule has 0 heterocycles. The highest BCUT2D eigenvalue weighted by molar-refractivity contribution is 4.80. The van der Waals surface area contributed by atoms with Crippen molar-refractivity contribution in [2.75, 3.05) is 6.54 Å². The molecule has 1 nitrogen and oxygen atoms in total. The van der Waals surface area contributed by atoms with E-state index >= 15 is 0 Å². The first kappa shape index (κ1) is 10.0. The molecule has 0 spiro atoms. The Morgan fingerprint density at radius 3 is 2.58 bits per heavy atom. The molecule has 0 aromatic carbocycles. The van der Waals surface area contributed by atoms with Crippen LogP contribution in [0.4, 0.5) is 0 Å². The van der Waals surface area contributed by atoms with E-state index in [0.717, 1.165) is 24.4 Å². The highest BCUT2D eigenvalue weighted by atomic mass is 14.9. The number of hydrogen-bond donors (Lipinski definition) is 1. The molecule has 3 atom stereocenters. The molecule has 1 saturated carbocycles. The molecule has 1 fully saturated rings. The van der Waals surface area contributed by atoms with Crippen molar-refractivity contribution in [3.05, 3.63) is 0 Å². The van der Waals surface area contributed by atoms with Crippen LogP contribution in [0.5, 0.6) is 0 Å². The van der Waals surface area contributed by atoms with E-state index in [1.807, 2.05) is 0 Å². The minimum atomic E-state index is 0.816. The van der Waals surface area contributed by atoms with Crippen molar-refractivity contribution >= 4 is 0 Å². The highest BCUT2D eigenvalue weighted by Crippen LogP contribution is 2.31. The summed E-state index contributed by atoms with van der Waals surface area (Å²) >= 11 is 0. The van der Waals surface area contributed by atoms with Crippen molar-refractivity contribution < 1.29 is 0 Å². The van der Waals surface area contributed by atoms with Gasteiger partial charge in [0.2, 0.25) is 0 Å². The fraction of sp³-hybridized carbons (Fsp3) is 1.00. The lowest BCUT2D eigenvalue weighted by molar-refractivity contribution is 0.207. The van der Waals surface area contributed by atoms with Crippen LogP contribution < -0.4 is 5.32 Å². The summed E-state index contributed by atoms with van der Waals surface area (Å²) in [4.78, 5) is 0. The Hall–Kier alpha value is -0.0400. The van der Waals surface area contributed by atoms with Crippen LogP contribution in [0.3, 0.4) is 0 Å².